The summed E-state index contributed by atoms with van der Waals surface area (Å²) in [5, 5.41) is 14.5. The summed E-state index contributed by atoms with van der Waals surface area (Å²) in [5.74, 6) is 0. The number of fused-ring (bicyclic) bond motifs is 1. The van der Waals surface area contributed by atoms with Gasteiger partial charge in [0.05, 0.1) is 12.1 Å². The first-order chi connectivity index (χ1) is 9.83. The summed E-state index contributed by atoms with van der Waals surface area (Å²) < 4.78 is 0. The van der Waals surface area contributed by atoms with Gasteiger partial charge in [0.2, 0.25) is 0 Å². The van der Waals surface area contributed by atoms with Crippen molar-refractivity contribution in [2.24, 2.45) is 0 Å². The number of nitrogens with zero attached hydrogens (tertiary/aromatic N) is 1. The molecule has 0 amide bonds. The minimum absolute atomic E-state index is 0.0881. The lowest BCUT2D eigenvalue weighted by Crippen LogP contribution is -2.49. The number of hydrogen-bond acceptors (Lipinski definition) is 3. The first kappa shape index (κ1) is 13.5. The number of hydrogen-bond donors (Lipinski definition) is 2. The molecule has 1 fully saturated rings. The van der Waals surface area contributed by atoms with E-state index in [1.54, 1.807) is 0 Å². The number of aliphatic hydroxyl groups is 1. The molecule has 106 valence electrons. The largest absolute Gasteiger partial charge is 0.394 e. The SMILES string of the molecule is OCC1(NCc2cccc3cccnc23)CCCCC1. The van der Waals surface area contributed by atoms with Gasteiger partial charge in [-0.2, -0.15) is 0 Å². The monoisotopic (exact) mass is 270 g/mol. The van der Waals surface area contributed by atoms with Crippen LogP contribution in [0.15, 0.2) is 36.5 Å². The molecule has 0 aliphatic heterocycles. The van der Waals surface area contributed by atoms with E-state index in [0.717, 1.165) is 24.9 Å². The molecule has 0 saturated heterocycles. The molecular weight excluding hydrogens is 248 g/mol. The zero-order chi connectivity index (χ0) is 13.8. The second kappa shape index (κ2) is 5.90. The summed E-state index contributed by atoms with van der Waals surface area (Å²) in [6.07, 6.45) is 7.69. The molecule has 0 atom stereocenters. The molecule has 2 aromatic rings. The Kier molecular flexibility index (Phi) is 3.99. The molecule has 20 heavy (non-hydrogen) atoms. The van der Waals surface area contributed by atoms with E-state index in [1.165, 1.54) is 30.2 Å². The van der Waals surface area contributed by atoms with E-state index in [-0.39, 0.29) is 12.1 Å². The lowest BCUT2D eigenvalue weighted by Gasteiger charge is -2.36. The molecule has 0 spiro atoms. The van der Waals surface area contributed by atoms with E-state index in [1.807, 2.05) is 12.3 Å². The second-order valence-corrected chi connectivity index (χ2v) is 5.84. The first-order valence-corrected chi connectivity index (χ1v) is 7.52. The highest BCUT2D eigenvalue weighted by Crippen LogP contribution is 2.28. The van der Waals surface area contributed by atoms with Crippen molar-refractivity contribution in [3.63, 3.8) is 0 Å². The molecule has 3 nitrogen and oxygen atoms in total. The van der Waals surface area contributed by atoms with Gasteiger partial charge >= 0.3 is 0 Å². The van der Waals surface area contributed by atoms with Gasteiger partial charge in [0.15, 0.2) is 0 Å². The predicted molar refractivity (Wildman–Crippen MR) is 81.5 cm³/mol. The van der Waals surface area contributed by atoms with Crippen LogP contribution < -0.4 is 5.32 Å². The summed E-state index contributed by atoms with van der Waals surface area (Å²) in [4.78, 5) is 4.49. The molecular formula is C17H22N2O. The van der Waals surface area contributed by atoms with Gasteiger partial charge in [-0.05, 0) is 24.5 Å². The summed E-state index contributed by atoms with van der Waals surface area (Å²) in [6, 6.07) is 10.3. The Balaban J connectivity index is 1.79. The molecule has 0 radical (unpaired) electrons. The highest BCUT2D eigenvalue weighted by Gasteiger charge is 2.30. The maximum atomic E-state index is 9.75. The molecule has 1 aliphatic rings. The third-order valence-corrected chi connectivity index (χ3v) is 4.48. The standard InChI is InChI=1S/C17H22N2O/c20-13-17(9-2-1-3-10-17)19-12-15-7-4-6-14-8-5-11-18-16(14)15/h4-8,11,19-20H,1-3,9-10,12-13H2. The number of benzene rings is 1. The molecule has 3 rings (SSSR count). The van der Waals surface area contributed by atoms with Crippen molar-refractivity contribution in [2.45, 2.75) is 44.2 Å². The maximum absolute atomic E-state index is 9.75. The van der Waals surface area contributed by atoms with E-state index in [0.29, 0.717) is 0 Å². The van der Waals surface area contributed by atoms with E-state index >= 15 is 0 Å². The molecule has 1 heterocycles. The van der Waals surface area contributed by atoms with Crippen molar-refractivity contribution >= 4 is 10.9 Å². The summed E-state index contributed by atoms with van der Waals surface area (Å²) >= 11 is 0. The van der Waals surface area contributed by atoms with Crippen molar-refractivity contribution in [1.82, 2.24) is 10.3 Å². The number of aromatic nitrogens is 1. The third kappa shape index (κ3) is 2.69. The first-order valence-electron chi connectivity index (χ1n) is 7.52. The zero-order valence-electron chi connectivity index (χ0n) is 11.8. The van der Waals surface area contributed by atoms with Crippen LogP contribution in [-0.4, -0.2) is 22.2 Å². The molecule has 1 aromatic carbocycles. The number of para-hydroxylation sites is 1. The molecule has 0 unspecified atom stereocenters. The quantitative estimate of drug-likeness (QED) is 0.897. The third-order valence-electron chi connectivity index (χ3n) is 4.48. The average Bonchev–Trinajstić information content (AvgIpc) is 2.54. The van der Waals surface area contributed by atoms with Crippen molar-refractivity contribution < 1.29 is 5.11 Å². The number of rotatable bonds is 4. The van der Waals surface area contributed by atoms with Gasteiger partial charge in [0.1, 0.15) is 0 Å². The Bertz CT molecular complexity index is 571. The number of pyridine rings is 1. The minimum atomic E-state index is -0.0881. The van der Waals surface area contributed by atoms with Gasteiger partial charge in [-0.25, -0.2) is 0 Å². The lowest BCUT2D eigenvalue weighted by atomic mass is 9.82. The van der Waals surface area contributed by atoms with Crippen LogP contribution in [0.2, 0.25) is 0 Å². The van der Waals surface area contributed by atoms with Gasteiger partial charge in [0, 0.05) is 23.7 Å². The van der Waals surface area contributed by atoms with Crippen LogP contribution in [0.1, 0.15) is 37.7 Å². The van der Waals surface area contributed by atoms with Crippen molar-refractivity contribution in [3.8, 4) is 0 Å². The Morgan fingerprint density at radius 1 is 1.10 bits per heavy atom. The van der Waals surface area contributed by atoms with Crippen LogP contribution in [0.25, 0.3) is 10.9 Å². The van der Waals surface area contributed by atoms with E-state index < -0.39 is 0 Å². The van der Waals surface area contributed by atoms with Crippen LogP contribution in [0.3, 0.4) is 0 Å². The summed E-state index contributed by atoms with van der Waals surface area (Å²) in [5.41, 5.74) is 2.18. The Labute approximate surface area is 120 Å². The second-order valence-electron chi connectivity index (χ2n) is 5.84. The zero-order valence-corrected chi connectivity index (χ0v) is 11.8. The van der Waals surface area contributed by atoms with E-state index in [9.17, 15) is 5.11 Å². The predicted octanol–water partition coefficient (Wildman–Crippen LogP) is 3.02. The maximum Gasteiger partial charge on any atom is 0.0746 e. The van der Waals surface area contributed by atoms with Crippen molar-refractivity contribution in [2.75, 3.05) is 6.61 Å². The minimum Gasteiger partial charge on any atom is -0.394 e. The highest BCUT2D eigenvalue weighted by atomic mass is 16.3. The van der Waals surface area contributed by atoms with Gasteiger partial charge in [0.25, 0.3) is 0 Å². The average molecular weight is 270 g/mol. The van der Waals surface area contributed by atoms with Crippen LogP contribution in [0, 0.1) is 0 Å². The summed E-state index contributed by atoms with van der Waals surface area (Å²) in [6.45, 7) is 1.00. The van der Waals surface area contributed by atoms with E-state index in [2.05, 4.69) is 34.6 Å². The lowest BCUT2D eigenvalue weighted by molar-refractivity contribution is 0.119. The smallest absolute Gasteiger partial charge is 0.0746 e. The fourth-order valence-corrected chi connectivity index (χ4v) is 3.21. The van der Waals surface area contributed by atoms with Crippen LogP contribution in [-0.2, 0) is 6.54 Å². The normalized spacial score (nSPS) is 18.2. The van der Waals surface area contributed by atoms with Crippen molar-refractivity contribution in [1.29, 1.82) is 0 Å². The molecule has 2 N–H and O–H groups in total. The van der Waals surface area contributed by atoms with Crippen LogP contribution in [0.5, 0.6) is 0 Å². The summed E-state index contributed by atoms with van der Waals surface area (Å²) in [7, 11) is 0. The number of nitrogens with one attached hydrogen (secondary N) is 1. The molecule has 1 aliphatic carbocycles. The van der Waals surface area contributed by atoms with Gasteiger partial charge in [-0.3, -0.25) is 4.98 Å². The van der Waals surface area contributed by atoms with Gasteiger partial charge < -0.3 is 10.4 Å². The van der Waals surface area contributed by atoms with Crippen LogP contribution in [0.4, 0.5) is 0 Å². The molecule has 1 saturated carbocycles. The molecule has 0 bridgehead atoms. The van der Waals surface area contributed by atoms with Crippen LogP contribution >= 0.6 is 0 Å². The molecule has 3 heteroatoms. The fraction of sp³-hybridized carbons (Fsp3) is 0.471. The Morgan fingerprint density at radius 2 is 1.90 bits per heavy atom. The highest BCUT2D eigenvalue weighted by molar-refractivity contribution is 5.81. The van der Waals surface area contributed by atoms with E-state index in [4.69, 9.17) is 0 Å². The van der Waals surface area contributed by atoms with Gasteiger partial charge in [-0.15, -0.1) is 0 Å². The Hall–Kier alpha value is -1.45. The number of aliphatic hydroxyl groups excluding tert-OH is 1. The molecule has 1 aromatic heterocycles. The Morgan fingerprint density at radius 3 is 2.70 bits per heavy atom. The van der Waals surface area contributed by atoms with Crippen molar-refractivity contribution in [3.05, 3.63) is 42.1 Å². The topological polar surface area (TPSA) is 45.1 Å². The fourth-order valence-electron chi connectivity index (χ4n) is 3.21. The van der Waals surface area contributed by atoms with Gasteiger partial charge in [-0.1, -0.05) is 43.5 Å².